The molecule has 1 fully saturated rings. The largest absolute Gasteiger partial charge is 0.379 e. The summed E-state index contributed by atoms with van der Waals surface area (Å²) >= 11 is 0. The van der Waals surface area contributed by atoms with Crippen molar-refractivity contribution in [2.75, 3.05) is 32.8 Å². The SMILES string of the molecule is Cn1nc(C(=O)CCCN2CCOCC2)cc1-c1cccc2c1ccn2C. The summed E-state index contributed by atoms with van der Waals surface area (Å²) in [5.41, 5.74) is 3.81. The number of morpholine rings is 1. The van der Waals surface area contributed by atoms with Crippen LogP contribution in [0, 0.1) is 0 Å². The minimum absolute atomic E-state index is 0.116. The van der Waals surface area contributed by atoms with E-state index in [0.29, 0.717) is 12.1 Å². The van der Waals surface area contributed by atoms with Crippen molar-refractivity contribution >= 4 is 16.7 Å². The Morgan fingerprint density at radius 2 is 2.00 bits per heavy atom. The van der Waals surface area contributed by atoms with Crippen LogP contribution in [0.15, 0.2) is 36.5 Å². The highest BCUT2D eigenvalue weighted by Crippen LogP contribution is 2.29. The predicted octanol–water partition coefficient (Wildman–Crippen LogP) is 2.87. The van der Waals surface area contributed by atoms with Crippen LogP contribution in [0.5, 0.6) is 0 Å². The van der Waals surface area contributed by atoms with Gasteiger partial charge in [-0.1, -0.05) is 12.1 Å². The summed E-state index contributed by atoms with van der Waals surface area (Å²) in [6.45, 7) is 4.45. The van der Waals surface area contributed by atoms with Gasteiger partial charge in [0.1, 0.15) is 5.69 Å². The monoisotopic (exact) mass is 366 g/mol. The second kappa shape index (κ2) is 7.66. The van der Waals surface area contributed by atoms with Gasteiger partial charge >= 0.3 is 0 Å². The van der Waals surface area contributed by atoms with Gasteiger partial charge in [0.2, 0.25) is 0 Å². The molecule has 27 heavy (non-hydrogen) atoms. The van der Waals surface area contributed by atoms with Crippen molar-refractivity contribution in [2.24, 2.45) is 14.1 Å². The molecule has 0 spiro atoms. The molecule has 1 aliphatic rings. The molecule has 0 radical (unpaired) electrons. The maximum absolute atomic E-state index is 12.6. The molecule has 1 aromatic carbocycles. The van der Waals surface area contributed by atoms with Crippen molar-refractivity contribution < 1.29 is 9.53 Å². The molecule has 1 saturated heterocycles. The molecule has 0 unspecified atom stereocenters. The number of benzene rings is 1. The number of Topliss-reactive ketones (excluding diaryl/α,β-unsaturated/α-hetero) is 1. The molecular formula is C21H26N4O2. The van der Waals surface area contributed by atoms with Crippen molar-refractivity contribution in [3.05, 3.63) is 42.2 Å². The van der Waals surface area contributed by atoms with E-state index in [2.05, 4.69) is 45.0 Å². The number of nitrogens with zero attached hydrogens (tertiary/aromatic N) is 4. The number of aromatic nitrogens is 3. The van der Waals surface area contributed by atoms with Gasteiger partial charge in [0, 0.05) is 56.3 Å². The first-order chi connectivity index (χ1) is 13.1. The van der Waals surface area contributed by atoms with Crippen LogP contribution >= 0.6 is 0 Å². The Morgan fingerprint density at radius 3 is 2.81 bits per heavy atom. The molecule has 142 valence electrons. The maximum atomic E-state index is 12.6. The third-order valence-electron chi connectivity index (χ3n) is 5.35. The fraction of sp³-hybridized carbons (Fsp3) is 0.429. The summed E-state index contributed by atoms with van der Waals surface area (Å²) < 4.78 is 9.28. The van der Waals surface area contributed by atoms with Crippen molar-refractivity contribution in [2.45, 2.75) is 12.8 Å². The van der Waals surface area contributed by atoms with E-state index in [9.17, 15) is 4.79 Å². The average molecular weight is 366 g/mol. The number of carbonyl (C=O) groups excluding carboxylic acids is 1. The number of ether oxygens (including phenoxy) is 1. The van der Waals surface area contributed by atoms with E-state index in [4.69, 9.17) is 4.74 Å². The summed E-state index contributed by atoms with van der Waals surface area (Å²) in [6.07, 6.45) is 3.45. The molecule has 3 aromatic rings. The molecule has 0 atom stereocenters. The molecule has 1 aliphatic heterocycles. The Hall–Kier alpha value is -2.44. The molecule has 6 heteroatoms. The maximum Gasteiger partial charge on any atom is 0.183 e. The van der Waals surface area contributed by atoms with Crippen LogP contribution in [0.2, 0.25) is 0 Å². The normalized spacial score (nSPS) is 15.5. The Bertz CT molecular complexity index is 950. The van der Waals surface area contributed by atoms with E-state index in [1.807, 2.05) is 24.8 Å². The molecule has 2 aromatic heterocycles. The predicted molar refractivity (Wildman–Crippen MR) is 106 cm³/mol. The molecule has 0 amide bonds. The quantitative estimate of drug-likeness (QED) is 0.630. The zero-order valence-electron chi connectivity index (χ0n) is 16.0. The van der Waals surface area contributed by atoms with Gasteiger partial charge in [-0.15, -0.1) is 0 Å². The zero-order chi connectivity index (χ0) is 18.8. The minimum atomic E-state index is 0.116. The highest BCUT2D eigenvalue weighted by molar-refractivity contribution is 5.98. The Labute approximate surface area is 159 Å². The topological polar surface area (TPSA) is 52.3 Å². The molecule has 0 saturated carbocycles. The second-order valence-electron chi connectivity index (χ2n) is 7.18. The second-order valence-corrected chi connectivity index (χ2v) is 7.18. The number of rotatable bonds is 6. The number of aryl methyl sites for hydroxylation is 2. The molecule has 0 N–H and O–H groups in total. The lowest BCUT2D eigenvalue weighted by Crippen LogP contribution is -2.36. The van der Waals surface area contributed by atoms with E-state index in [1.54, 1.807) is 0 Å². The number of hydrogen-bond acceptors (Lipinski definition) is 4. The van der Waals surface area contributed by atoms with E-state index in [0.717, 1.165) is 50.5 Å². The van der Waals surface area contributed by atoms with E-state index >= 15 is 0 Å². The number of hydrogen-bond donors (Lipinski definition) is 0. The van der Waals surface area contributed by atoms with Crippen molar-refractivity contribution in [1.29, 1.82) is 0 Å². The Morgan fingerprint density at radius 1 is 1.19 bits per heavy atom. The van der Waals surface area contributed by atoms with Gasteiger partial charge in [-0.05, 0) is 31.2 Å². The summed E-state index contributed by atoms with van der Waals surface area (Å²) in [5.74, 6) is 0.116. The van der Waals surface area contributed by atoms with Crippen LogP contribution in [0.3, 0.4) is 0 Å². The van der Waals surface area contributed by atoms with Crippen LogP contribution in [0.4, 0.5) is 0 Å². The molecule has 4 rings (SSSR count). The smallest absolute Gasteiger partial charge is 0.183 e. The fourth-order valence-corrected chi connectivity index (χ4v) is 3.80. The van der Waals surface area contributed by atoms with Gasteiger partial charge in [0.15, 0.2) is 5.78 Å². The average Bonchev–Trinajstić information content (AvgIpc) is 3.26. The highest BCUT2D eigenvalue weighted by atomic mass is 16.5. The number of ketones is 1. The van der Waals surface area contributed by atoms with Crippen LogP contribution < -0.4 is 0 Å². The van der Waals surface area contributed by atoms with E-state index in [-0.39, 0.29) is 5.78 Å². The third kappa shape index (κ3) is 3.68. The van der Waals surface area contributed by atoms with Gasteiger partial charge in [-0.2, -0.15) is 5.10 Å². The Balaban J connectivity index is 1.48. The number of carbonyl (C=O) groups is 1. The first-order valence-electron chi connectivity index (χ1n) is 9.55. The molecule has 0 aliphatic carbocycles. The first-order valence-corrected chi connectivity index (χ1v) is 9.55. The lowest BCUT2D eigenvalue weighted by Gasteiger charge is -2.26. The van der Waals surface area contributed by atoms with Crippen LogP contribution in [-0.4, -0.2) is 57.9 Å². The first kappa shape index (κ1) is 17.9. The standard InChI is InChI=1S/C21H26N4O2/c1-23-10-8-17-16(5-3-6-19(17)23)20-15-18(22-24(20)2)21(26)7-4-9-25-11-13-27-14-12-25/h3,5-6,8,10,15H,4,7,9,11-14H2,1-2H3. The van der Waals surface area contributed by atoms with Gasteiger partial charge in [0.05, 0.1) is 18.9 Å². The third-order valence-corrected chi connectivity index (χ3v) is 5.35. The van der Waals surface area contributed by atoms with Crippen LogP contribution in [0.25, 0.3) is 22.2 Å². The summed E-state index contributed by atoms with van der Waals surface area (Å²) in [7, 11) is 3.94. The number of fused-ring (bicyclic) bond motifs is 1. The zero-order valence-corrected chi connectivity index (χ0v) is 16.0. The Kier molecular flexibility index (Phi) is 5.09. The van der Waals surface area contributed by atoms with Crippen molar-refractivity contribution in [3.63, 3.8) is 0 Å². The van der Waals surface area contributed by atoms with Gasteiger partial charge < -0.3 is 9.30 Å². The van der Waals surface area contributed by atoms with Crippen molar-refractivity contribution in [3.8, 4) is 11.3 Å². The molecule has 6 nitrogen and oxygen atoms in total. The lowest BCUT2D eigenvalue weighted by molar-refractivity contribution is 0.0371. The molecular weight excluding hydrogens is 340 g/mol. The fourth-order valence-electron chi connectivity index (χ4n) is 3.80. The lowest BCUT2D eigenvalue weighted by atomic mass is 10.1. The van der Waals surface area contributed by atoms with Crippen molar-refractivity contribution in [1.82, 2.24) is 19.2 Å². The molecule has 3 heterocycles. The summed E-state index contributed by atoms with van der Waals surface area (Å²) in [5, 5.41) is 5.67. The summed E-state index contributed by atoms with van der Waals surface area (Å²) in [6, 6.07) is 10.3. The van der Waals surface area contributed by atoms with E-state index in [1.165, 1.54) is 10.9 Å². The van der Waals surface area contributed by atoms with Gasteiger partial charge in [-0.3, -0.25) is 14.4 Å². The highest BCUT2D eigenvalue weighted by Gasteiger charge is 2.17. The minimum Gasteiger partial charge on any atom is -0.379 e. The van der Waals surface area contributed by atoms with Crippen LogP contribution in [-0.2, 0) is 18.8 Å². The van der Waals surface area contributed by atoms with Gasteiger partial charge in [0.25, 0.3) is 0 Å². The summed E-state index contributed by atoms with van der Waals surface area (Å²) in [4.78, 5) is 15.0. The van der Waals surface area contributed by atoms with Crippen LogP contribution in [0.1, 0.15) is 23.3 Å². The van der Waals surface area contributed by atoms with Gasteiger partial charge in [-0.25, -0.2) is 0 Å². The van der Waals surface area contributed by atoms with E-state index < -0.39 is 0 Å². The molecule has 0 bridgehead atoms.